The quantitative estimate of drug-likeness (QED) is 0.281. The number of aromatic nitrogens is 6. The van der Waals surface area contributed by atoms with Crippen molar-refractivity contribution in [3.63, 3.8) is 0 Å². The minimum Gasteiger partial charge on any atom is -0.381 e. The number of benzene rings is 1. The Balaban J connectivity index is 1.39. The Kier molecular flexibility index (Phi) is 9.37. The van der Waals surface area contributed by atoms with Crippen LogP contribution in [0.3, 0.4) is 0 Å². The number of carbonyl (C=O) groups excluding carboxylic acids is 1. The smallest absolute Gasteiger partial charge is 0.381 e. The van der Waals surface area contributed by atoms with Crippen molar-refractivity contribution in [1.29, 1.82) is 0 Å². The third-order valence-electron chi connectivity index (χ3n) is 9.19. The van der Waals surface area contributed by atoms with Gasteiger partial charge in [-0.25, -0.2) is 0 Å². The van der Waals surface area contributed by atoms with E-state index < -0.39 is 23.2 Å². The predicted molar refractivity (Wildman–Crippen MR) is 179 cm³/mol. The zero-order chi connectivity index (χ0) is 35.2. The molecule has 262 valence electrons. The molecule has 49 heavy (non-hydrogen) atoms. The molecule has 2 aliphatic rings. The number of fused-ring (bicyclic) bond motifs is 1. The van der Waals surface area contributed by atoms with Crippen molar-refractivity contribution in [2.75, 3.05) is 41.9 Å². The van der Waals surface area contributed by atoms with Gasteiger partial charge in [0.1, 0.15) is 17.9 Å². The molecule has 1 saturated heterocycles. The number of halogens is 4. The van der Waals surface area contributed by atoms with Crippen LogP contribution in [0.2, 0.25) is 5.02 Å². The summed E-state index contributed by atoms with van der Waals surface area (Å²) >= 11 is 6.14. The molecule has 4 heterocycles. The van der Waals surface area contributed by atoms with Crippen LogP contribution in [0.1, 0.15) is 50.2 Å². The van der Waals surface area contributed by atoms with E-state index in [0.29, 0.717) is 61.8 Å². The summed E-state index contributed by atoms with van der Waals surface area (Å²) in [5.74, 6) is -0.0578. The summed E-state index contributed by atoms with van der Waals surface area (Å²) in [6.07, 6.45) is 1.56. The number of aryl methyl sites for hydroxylation is 1. The second-order valence-electron chi connectivity index (χ2n) is 12.3. The molecule has 2 atom stereocenters. The Morgan fingerprint density at radius 1 is 1.20 bits per heavy atom. The number of H-pyrrole nitrogens is 1. The van der Waals surface area contributed by atoms with E-state index >= 15 is 0 Å². The number of rotatable bonds is 8. The summed E-state index contributed by atoms with van der Waals surface area (Å²) in [7, 11) is 3.31. The van der Waals surface area contributed by atoms with E-state index in [1.807, 2.05) is 29.7 Å². The number of alkyl halides is 3. The first-order valence-corrected chi connectivity index (χ1v) is 16.4. The van der Waals surface area contributed by atoms with Gasteiger partial charge in [0.25, 0.3) is 11.1 Å². The molecular weight excluding hydrogens is 667 g/mol. The molecular formula is C32H37ClF3N9O4. The Morgan fingerprint density at radius 2 is 1.98 bits per heavy atom. The molecule has 0 saturated carbocycles. The number of anilines is 3. The number of methoxy groups -OCH3 is 1. The maximum atomic E-state index is 14.3. The van der Waals surface area contributed by atoms with Crippen LogP contribution in [-0.4, -0.2) is 73.7 Å². The fourth-order valence-corrected chi connectivity index (χ4v) is 6.82. The number of amides is 1. The van der Waals surface area contributed by atoms with Gasteiger partial charge in [-0.05, 0) is 56.4 Å². The average molecular weight is 704 g/mol. The predicted octanol–water partition coefficient (Wildman–Crippen LogP) is 4.09. The largest absolute Gasteiger partial charge is 0.416 e. The van der Waals surface area contributed by atoms with Crippen molar-refractivity contribution in [3.05, 3.63) is 73.3 Å². The molecule has 1 aliphatic heterocycles. The summed E-state index contributed by atoms with van der Waals surface area (Å²) in [6.45, 7) is 4.78. The highest BCUT2D eigenvalue weighted by Gasteiger charge is 2.33. The number of aromatic amines is 1. The molecule has 1 unspecified atom stereocenters. The zero-order valence-corrected chi connectivity index (χ0v) is 28.2. The standard InChI is InChI=1S/C32H37ClF3N9O4/c1-5-24-27(42-12-13-43(18(2)16-42)25-15-37-41(3)29(25)47)30(48)45-31(39-28(40-45)19-6-9-21(49-4)10-7-19)44(24)17-26(46)38-23-11-8-20(14-22(23)33)32(34,35)36/h6,8,11,14-15,18,21,37H,5,7,9-10,12-13,16-17H2,1-4H3,(H,38,46)/t18-,21?/m1/s1. The monoisotopic (exact) mass is 703 g/mol. The average Bonchev–Trinajstić information content (AvgIpc) is 3.66. The van der Waals surface area contributed by atoms with Gasteiger partial charge in [0, 0.05) is 46.0 Å². The van der Waals surface area contributed by atoms with Gasteiger partial charge in [-0.2, -0.15) is 22.7 Å². The number of nitrogens with one attached hydrogen (secondary N) is 2. The van der Waals surface area contributed by atoms with E-state index in [4.69, 9.17) is 21.3 Å². The van der Waals surface area contributed by atoms with E-state index in [1.165, 1.54) is 9.20 Å². The molecule has 0 spiro atoms. The third-order valence-corrected chi connectivity index (χ3v) is 9.50. The lowest BCUT2D eigenvalue weighted by Crippen LogP contribution is -2.54. The summed E-state index contributed by atoms with van der Waals surface area (Å²) in [4.78, 5) is 49.2. The number of hydrogen-bond donors (Lipinski definition) is 2. The van der Waals surface area contributed by atoms with Crippen molar-refractivity contribution in [2.24, 2.45) is 7.05 Å². The van der Waals surface area contributed by atoms with Gasteiger partial charge >= 0.3 is 6.18 Å². The minimum atomic E-state index is -4.59. The number of piperazine rings is 1. The van der Waals surface area contributed by atoms with Gasteiger partial charge in [0.2, 0.25) is 11.7 Å². The number of ether oxygens (including phenoxy) is 1. The van der Waals surface area contributed by atoms with Crippen LogP contribution < -0.4 is 26.2 Å². The van der Waals surface area contributed by atoms with Gasteiger partial charge in [0.15, 0.2) is 5.82 Å². The summed E-state index contributed by atoms with van der Waals surface area (Å²) in [6, 6.07) is 2.55. The van der Waals surface area contributed by atoms with Gasteiger partial charge < -0.3 is 29.5 Å². The first-order chi connectivity index (χ1) is 23.3. The van der Waals surface area contributed by atoms with Crippen LogP contribution >= 0.6 is 11.6 Å². The van der Waals surface area contributed by atoms with Crippen molar-refractivity contribution in [1.82, 2.24) is 28.9 Å². The van der Waals surface area contributed by atoms with Crippen LogP contribution in [0.25, 0.3) is 11.4 Å². The molecule has 0 radical (unpaired) electrons. The van der Waals surface area contributed by atoms with Gasteiger partial charge in [0.05, 0.1) is 28.1 Å². The van der Waals surface area contributed by atoms with Gasteiger partial charge in [-0.3, -0.25) is 19.1 Å². The van der Waals surface area contributed by atoms with Crippen LogP contribution in [0.15, 0.2) is 40.1 Å². The Labute approximate surface area is 283 Å². The first kappa shape index (κ1) is 34.3. The molecule has 2 N–H and O–H groups in total. The molecule has 6 rings (SSSR count). The summed E-state index contributed by atoms with van der Waals surface area (Å²) in [5.41, 5.74) is 0.828. The van der Waals surface area contributed by atoms with E-state index in [0.717, 1.165) is 30.2 Å². The van der Waals surface area contributed by atoms with Crippen molar-refractivity contribution < 1.29 is 22.7 Å². The topological polar surface area (TPSA) is 135 Å². The molecule has 17 heteroatoms. The molecule has 13 nitrogen and oxygen atoms in total. The lowest BCUT2D eigenvalue weighted by molar-refractivity contribution is -0.137. The second kappa shape index (κ2) is 13.4. The highest BCUT2D eigenvalue weighted by atomic mass is 35.5. The van der Waals surface area contributed by atoms with Crippen LogP contribution in [0.5, 0.6) is 0 Å². The van der Waals surface area contributed by atoms with E-state index in [-0.39, 0.29) is 40.7 Å². The highest BCUT2D eigenvalue weighted by Crippen LogP contribution is 2.34. The lowest BCUT2D eigenvalue weighted by atomic mass is 9.97. The van der Waals surface area contributed by atoms with Crippen LogP contribution in [0.4, 0.5) is 30.2 Å². The molecule has 4 aromatic rings. The SMILES string of the molecule is CCc1c(N2CCN(c3c[nH]n(C)c3=O)[C@H](C)C2)c(=O)n2nc(C3=CCC(OC)CC3)nc2n1CC(=O)Nc1ccc(C(F)(F)F)cc1Cl. The fourth-order valence-electron chi connectivity index (χ4n) is 6.59. The maximum Gasteiger partial charge on any atom is 0.416 e. The van der Waals surface area contributed by atoms with Crippen molar-refractivity contribution in [2.45, 2.75) is 64.4 Å². The van der Waals surface area contributed by atoms with Gasteiger partial charge in [-0.1, -0.05) is 24.6 Å². The number of nitrogens with zero attached hydrogens (tertiary/aromatic N) is 7. The Hall–Kier alpha value is -4.57. The molecule has 1 amide bonds. The van der Waals surface area contributed by atoms with Gasteiger partial charge in [-0.15, -0.1) is 5.10 Å². The zero-order valence-electron chi connectivity index (χ0n) is 27.5. The van der Waals surface area contributed by atoms with E-state index in [1.54, 1.807) is 24.9 Å². The maximum absolute atomic E-state index is 14.3. The molecule has 1 fully saturated rings. The molecule has 0 bridgehead atoms. The normalized spacial score (nSPS) is 18.7. The minimum absolute atomic E-state index is 0.0121. The lowest BCUT2D eigenvalue weighted by Gasteiger charge is -2.41. The first-order valence-electron chi connectivity index (χ1n) is 16.0. The summed E-state index contributed by atoms with van der Waals surface area (Å²) in [5, 5.41) is 9.88. The number of allylic oxidation sites excluding steroid dienone is 1. The Bertz CT molecular complexity index is 2050. The molecule has 3 aromatic heterocycles. The Morgan fingerprint density at radius 3 is 2.57 bits per heavy atom. The fraction of sp³-hybridized carbons (Fsp3) is 0.469. The number of carbonyl (C=O) groups is 1. The third kappa shape index (κ3) is 6.58. The molecule has 1 aliphatic carbocycles. The second-order valence-corrected chi connectivity index (χ2v) is 12.7. The van der Waals surface area contributed by atoms with Crippen LogP contribution in [0, 0.1) is 0 Å². The summed E-state index contributed by atoms with van der Waals surface area (Å²) < 4.78 is 49.3. The van der Waals surface area contributed by atoms with E-state index in [9.17, 15) is 27.6 Å². The molecule has 1 aromatic carbocycles. The van der Waals surface area contributed by atoms with Crippen molar-refractivity contribution in [3.8, 4) is 0 Å². The highest BCUT2D eigenvalue weighted by molar-refractivity contribution is 6.33. The van der Waals surface area contributed by atoms with E-state index in [2.05, 4.69) is 15.5 Å². The number of hydrogen-bond acceptors (Lipinski definition) is 8. The van der Waals surface area contributed by atoms with Crippen LogP contribution in [-0.2, 0) is 35.7 Å². The van der Waals surface area contributed by atoms with Crippen molar-refractivity contribution >= 4 is 45.9 Å².